The molecule has 0 atom stereocenters. The van der Waals surface area contributed by atoms with Gasteiger partial charge in [0, 0.05) is 0 Å². The second kappa shape index (κ2) is 13.3. The fourth-order valence-electron chi connectivity index (χ4n) is 3.71. The van der Waals surface area contributed by atoms with Gasteiger partial charge in [0.1, 0.15) is 0 Å². The van der Waals surface area contributed by atoms with Crippen molar-refractivity contribution >= 4 is 32.6 Å². The van der Waals surface area contributed by atoms with Crippen molar-refractivity contribution in [2.75, 3.05) is 0 Å². The fraction of sp³-hybridized carbons (Fsp3) is 0.696. The van der Waals surface area contributed by atoms with Gasteiger partial charge in [0.05, 0.1) is 0 Å². The van der Waals surface area contributed by atoms with Gasteiger partial charge in [-0.3, -0.25) is 0 Å². The summed E-state index contributed by atoms with van der Waals surface area (Å²) >= 11 is -0.0856. The summed E-state index contributed by atoms with van der Waals surface area (Å²) < 4.78 is 6.75. The Kier molecular flexibility index (Phi) is 12.3. The Balaban J connectivity index is 3.28. The Labute approximate surface area is 166 Å². The van der Waals surface area contributed by atoms with Gasteiger partial charge < -0.3 is 0 Å². The van der Waals surface area contributed by atoms with E-state index in [0.29, 0.717) is 0 Å². The molecule has 1 aromatic rings. The molecular formula is C23H41SSn+. The number of rotatable bonds is 13. The predicted molar refractivity (Wildman–Crippen MR) is 121 cm³/mol. The topological polar surface area (TPSA) is 0 Å². The van der Waals surface area contributed by atoms with E-state index in [1.807, 2.05) is 2.88 Å². The Morgan fingerprint density at radius 2 is 1.32 bits per heavy atom. The molecule has 25 heavy (non-hydrogen) atoms. The number of benzene rings is 1. The van der Waals surface area contributed by atoms with E-state index in [9.17, 15) is 0 Å². The standard InChI is InChI=1S/C11H14S.3C4H9.Sn/c1-10(2)8-9-12-11-6-4-3-5-7-11;3*1-3-4-2;/h3-7,10H,8H2,1-2H3;3*1,3-4H2,2H3;/q+1;;;;. The molecule has 2 heteroatoms. The van der Waals surface area contributed by atoms with Crippen LogP contribution in [0.5, 0.6) is 0 Å². The van der Waals surface area contributed by atoms with E-state index >= 15 is 0 Å². The molecule has 0 aromatic heterocycles. The van der Waals surface area contributed by atoms with Crippen LogP contribution in [0.2, 0.25) is 13.3 Å². The van der Waals surface area contributed by atoms with Crippen molar-refractivity contribution in [1.29, 1.82) is 0 Å². The molecule has 0 aliphatic rings. The SMILES string of the molecule is CCC[CH2][Sn]([CH2]CCC)([CH2]CCC)[C](CC(C)C)=[S+]c1ccccc1. The van der Waals surface area contributed by atoms with Crippen LogP contribution in [0.25, 0.3) is 0 Å². The molecule has 0 fully saturated rings. The normalized spacial score (nSPS) is 12.8. The van der Waals surface area contributed by atoms with Gasteiger partial charge in [0.15, 0.2) is 0 Å². The van der Waals surface area contributed by atoms with Gasteiger partial charge in [-0.05, 0) is 0 Å². The van der Waals surface area contributed by atoms with Gasteiger partial charge in [-0.1, -0.05) is 0 Å². The molecule has 0 aliphatic heterocycles. The molecule has 1 aromatic carbocycles. The van der Waals surface area contributed by atoms with Crippen molar-refractivity contribution in [2.45, 2.75) is 97.8 Å². The van der Waals surface area contributed by atoms with Gasteiger partial charge in [0.25, 0.3) is 0 Å². The Bertz CT molecular complexity index is 456. The van der Waals surface area contributed by atoms with E-state index in [1.54, 1.807) is 13.3 Å². The van der Waals surface area contributed by atoms with Crippen molar-refractivity contribution in [1.82, 2.24) is 0 Å². The number of hydrogen-bond acceptors (Lipinski definition) is 0. The molecule has 0 amide bonds. The second-order valence-electron chi connectivity index (χ2n) is 8.03. The molecule has 142 valence electrons. The molecule has 0 bridgehead atoms. The molecule has 0 saturated heterocycles. The van der Waals surface area contributed by atoms with E-state index in [2.05, 4.69) is 76.3 Å². The van der Waals surface area contributed by atoms with Crippen molar-refractivity contribution < 1.29 is 0 Å². The first-order valence-corrected chi connectivity index (χ1v) is 19.0. The third kappa shape index (κ3) is 8.56. The van der Waals surface area contributed by atoms with Crippen LogP contribution in [0, 0.1) is 5.92 Å². The zero-order chi connectivity index (χ0) is 18.5. The summed E-state index contributed by atoms with van der Waals surface area (Å²) in [4.78, 5) is 1.48. The minimum atomic E-state index is -2.27. The van der Waals surface area contributed by atoms with Crippen LogP contribution in [-0.2, 0) is 11.4 Å². The molecule has 0 spiro atoms. The molecule has 1 rings (SSSR count). The summed E-state index contributed by atoms with van der Waals surface area (Å²) in [5.74, 6) is 0.784. The zero-order valence-electron chi connectivity index (χ0n) is 17.4. The first-order valence-electron chi connectivity index (χ1n) is 10.7. The first-order chi connectivity index (χ1) is 12.1. The van der Waals surface area contributed by atoms with E-state index in [-0.39, 0.29) is 0 Å². The van der Waals surface area contributed by atoms with Gasteiger partial charge in [-0.15, -0.1) is 0 Å². The quantitative estimate of drug-likeness (QED) is 0.158. The molecule has 0 radical (unpaired) electrons. The number of hydrogen-bond donors (Lipinski definition) is 0. The summed E-state index contributed by atoms with van der Waals surface area (Å²) in [5, 5.41) is 0. The average molecular weight is 468 g/mol. The third-order valence-corrected chi connectivity index (χ3v) is 25.1. The average Bonchev–Trinajstić information content (AvgIpc) is 2.61. The minimum absolute atomic E-state index is 0.784. The molecular weight excluding hydrogens is 427 g/mol. The van der Waals surface area contributed by atoms with E-state index in [4.69, 9.17) is 0 Å². The Morgan fingerprint density at radius 3 is 1.72 bits per heavy atom. The van der Waals surface area contributed by atoms with Crippen LogP contribution >= 0.6 is 0 Å². The molecule has 0 unspecified atom stereocenters. The van der Waals surface area contributed by atoms with Gasteiger partial charge in [0.2, 0.25) is 0 Å². The van der Waals surface area contributed by atoms with E-state index in [1.165, 1.54) is 49.8 Å². The maximum atomic E-state index is 2.42. The first kappa shape index (κ1) is 23.1. The summed E-state index contributed by atoms with van der Waals surface area (Å²) in [6.07, 6.45) is 9.82. The summed E-state index contributed by atoms with van der Waals surface area (Å²) in [7, 11) is 0. The summed E-state index contributed by atoms with van der Waals surface area (Å²) in [5.41, 5.74) is 0. The predicted octanol–water partition coefficient (Wildman–Crippen LogP) is 7.73. The van der Waals surface area contributed by atoms with Crippen LogP contribution in [0.3, 0.4) is 0 Å². The van der Waals surface area contributed by atoms with Crippen LogP contribution < -0.4 is 0 Å². The molecule has 0 N–H and O–H groups in total. The number of unbranched alkanes of at least 4 members (excludes halogenated alkanes) is 3. The molecule has 0 aliphatic carbocycles. The van der Waals surface area contributed by atoms with E-state index < -0.39 is 18.4 Å². The molecule has 0 saturated carbocycles. The van der Waals surface area contributed by atoms with E-state index in [0.717, 1.165) is 5.92 Å². The van der Waals surface area contributed by atoms with Crippen molar-refractivity contribution in [3.05, 3.63) is 30.3 Å². The fourth-order valence-corrected chi connectivity index (χ4v) is 25.6. The van der Waals surface area contributed by atoms with Crippen LogP contribution in [0.15, 0.2) is 35.2 Å². The van der Waals surface area contributed by atoms with Gasteiger partial charge in [-0.25, -0.2) is 0 Å². The molecule has 0 heterocycles. The van der Waals surface area contributed by atoms with Gasteiger partial charge >= 0.3 is 167 Å². The second-order valence-corrected chi connectivity index (χ2v) is 23.5. The van der Waals surface area contributed by atoms with Crippen LogP contribution in [0.1, 0.15) is 79.6 Å². The van der Waals surface area contributed by atoms with Crippen LogP contribution in [-0.4, -0.2) is 21.3 Å². The Morgan fingerprint density at radius 1 is 0.840 bits per heavy atom. The van der Waals surface area contributed by atoms with Crippen molar-refractivity contribution in [3.63, 3.8) is 0 Å². The van der Waals surface area contributed by atoms with Crippen molar-refractivity contribution in [3.8, 4) is 0 Å². The monoisotopic (exact) mass is 469 g/mol. The summed E-state index contributed by atoms with van der Waals surface area (Å²) in [6.45, 7) is 12.0. The van der Waals surface area contributed by atoms with Crippen LogP contribution in [0.4, 0.5) is 0 Å². The van der Waals surface area contributed by atoms with Crippen molar-refractivity contribution in [2.24, 2.45) is 5.92 Å². The molecule has 0 nitrogen and oxygen atoms in total. The summed E-state index contributed by atoms with van der Waals surface area (Å²) in [6, 6.07) is 11.2. The maximum absolute atomic E-state index is 2.42. The zero-order valence-corrected chi connectivity index (χ0v) is 21.1. The Hall–Kier alpha value is 0.109. The van der Waals surface area contributed by atoms with Gasteiger partial charge in [-0.2, -0.15) is 0 Å². The third-order valence-electron chi connectivity index (χ3n) is 5.20.